The molecule has 1 fully saturated rings. The van der Waals surface area contributed by atoms with Crippen LogP contribution in [0.4, 0.5) is 13.2 Å². The second-order valence-corrected chi connectivity index (χ2v) is 6.35. The van der Waals surface area contributed by atoms with Crippen LogP contribution in [0.2, 0.25) is 0 Å². The lowest BCUT2D eigenvalue weighted by Gasteiger charge is -2.35. The number of benzene rings is 1. The molecule has 6 heteroatoms. The highest BCUT2D eigenvalue weighted by Gasteiger charge is 2.29. The number of alkyl halides is 3. The molecular weight excluding hydrogens is 297 g/mol. The van der Waals surface area contributed by atoms with E-state index in [-0.39, 0.29) is 16.7 Å². The van der Waals surface area contributed by atoms with Crippen molar-refractivity contribution in [3.63, 3.8) is 0 Å². The third kappa shape index (κ3) is 5.20. The highest BCUT2D eigenvalue weighted by molar-refractivity contribution is 8.00. The largest absolute Gasteiger partial charge is 0.446 e. The molecule has 1 N–H and O–H groups in total. The van der Waals surface area contributed by atoms with Crippen molar-refractivity contribution >= 4 is 11.8 Å². The standard InChI is InChI=1S/C15H21F3N2S/c1-2-3-14(20-10-8-19-9-11-20)12-4-6-13(7-5-12)21-15(16,17)18/h4-7,14,19H,2-3,8-11H2,1H3/t14-/m1/s1. The van der Waals surface area contributed by atoms with Crippen LogP contribution in [0.25, 0.3) is 0 Å². The summed E-state index contributed by atoms with van der Waals surface area (Å²) in [7, 11) is 0. The van der Waals surface area contributed by atoms with Gasteiger partial charge in [-0.1, -0.05) is 25.5 Å². The Morgan fingerprint density at radius 2 is 1.81 bits per heavy atom. The maximum absolute atomic E-state index is 12.4. The summed E-state index contributed by atoms with van der Waals surface area (Å²) in [5.74, 6) is 0. The van der Waals surface area contributed by atoms with Crippen molar-refractivity contribution in [1.82, 2.24) is 10.2 Å². The molecule has 2 rings (SSSR count). The van der Waals surface area contributed by atoms with Crippen molar-refractivity contribution in [2.75, 3.05) is 26.2 Å². The molecule has 2 nitrogen and oxygen atoms in total. The maximum atomic E-state index is 12.4. The van der Waals surface area contributed by atoms with Crippen molar-refractivity contribution in [3.05, 3.63) is 29.8 Å². The van der Waals surface area contributed by atoms with Gasteiger partial charge < -0.3 is 5.32 Å². The summed E-state index contributed by atoms with van der Waals surface area (Å²) < 4.78 is 37.1. The predicted octanol–water partition coefficient (Wildman–Crippen LogP) is 4.04. The number of hydrogen-bond donors (Lipinski definition) is 1. The van der Waals surface area contributed by atoms with Gasteiger partial charge >= 0.3 is 5.51 Å². The summed E-state index contributed by atoms with van der Waals surface area (Å²) in [6.07, 6.45) is 2.10. The van der Waals surface area contributed by atoms with E-state index in [1.54, 1.807) is 12.1 Å². The van der Waals surface area contributed by atoms with Gasteiger partial charge in [-0.15, -0.1) is 0 Å². The Kier molecular flexibility index (Phi) is 5.96. The quantitative estimate of drug-likeness (QED) is 0.825. The minimum Gasteiger partial charge on any atom is -0.314 e. The van der Waals surface area contributed by atoms with Gasteiger partial charge in [-0.3, -0.25) is 4.90 Å². The molecule has 0 amide bonds. The zero-order valence-electron chi connectivity index (χ0n) is 12.1. The topological polar surface area (TPSA) is 15.3 Å². The molecule has 1 heterocycles. The normalized spacial score (nSPS) is 18.7. The Balaban J connectivity index is 2.09. The zero-order valence-corrected chi connectivity index (χ0v) is 12.9. The third-order valence-corrected chi connectivity index (χ3v) is 4.39. The Morgan fingerprint density at radius 1 is 1.19 bits per heavy atom. The van der Waals surface area contributed by atoms with Gasteiger partial charge in [0.2, 0.25) is 0 Å². The minimum atomic E-state index is -4.22. The van der Waals surface area contributed by atoms with Crippen LogP contribution < -0.4 is 5.32 Å². The van der Waals surface area contributed by atoms with Crippen LogP contribution in [-0.4, -0.2) is 36.6 Å². The highest BCUT2D eigenvalue weighted by atomic mass is 32.2. The van der Waals surface area contributed by atoms with Crippen LogP contribution in [0.1, 0.15) is 31.4 Å². The molecule has 1 atom stereocenters. The second kappa shape index (κ2) is 7.51. The Hall–Kier alpha value is -0.720. The van der Waals surface area contributed by atoms with Crippen molar-refractivity contribution in [2.24, 2.45) is 0 Å². The van der Waals surface area contributed by atoms with E-state index in [9.17, 15) is 13.2 Å². The van der Waals surface area contributed by atoms with E-state index in [1.807, 2.05) is 12.1 Å². The molecule has 0 radical (unpaired) electrons. The summed E-state index contributed by atoms with van der Waals surface area (Å²) in [6, 6.07) is 7.16. The fourth-order valence-corrected chi connectivity index (χ4v) is 3.26. The summed E-state index contributed by atoms with van der Waals surface area (Å²) in [4.78, 5) is 2.67. The van der Waals surface area contributed by atoms with Gasteiger partial charge in [0.15, 0.2) is 0 Å². The number of nitrogens with one attached hydrogen (secondary N) is 1. The van der Waals surface area contributed by atoms with Crippen LogP contribution in [0.3, 0.4) is 0 Å². The van der Waals surface area contributed by atoms with Crippen LogP contribution in [0.15, 0.2) is 29.2 Å². The summed E-state index contributed by atoms with van der Waals surface area (Å²) in [5, 5.41) is 3.33. The lowest BCUT2D eigenvalue weighted by Crippen LogP contribution is -2.45. The number of nitrogens with zero attached hydrogens (tertiary/aromatic N) is 1. The maximum Gasteiger partial charge on any atom is 0.446 e. The molecule has 0 spiro atoms. The molecule has 0 aromatic heterocycles. The first-order valence-corrected chi connectivity index (χ1v) is 8.11. The molecular formula is C15H21F3N2S. The van der Waals surface area contributed by atoms with Gasteiger partial charge in [-0.25, -0.2) is 0 Å². The van der Waals surface area contributed by atoms with E-state index < -0.39 is 5.51 Å². The average molecular weight is 318 g/mol. The summed E-state index contributed by atoms with van der Waals surface area (Å²) >= 11 is -0.0535. The Bertz CT molecular complexity index is 428. The predicted molar refractivity (Wildman–Crippen MR) is 80.4 cm³/mol. The lowest BCUT2D eigenvalue weighted by molar-refractivity contribution is -0.0328. The van der Waals surface area contributed by atoms with E-state index in [0.29, 0.717) is 6.04 Å². The fraction of sp³-hybridized carbons (Fsp3) is 0.600. The molecule has 118 valence electrons. The van der Waals surface area contributed by atoms with E-state index in [4.69, 9.17) is 0 Å². The molecule has 21 heavy (non-hydrogen) atoms. The zero-order chi connectivity index (χ0) is 15.3. The van der Waals surface area contributed by atoms with Crippen molar-refractivity contribution in [1.29, 1.82) is 0 Å². The number of halogens is 3. The second-order valence-electron chi connectivity index (χ2n) is 5.21. The molecule has 0 aliphatic carbocycles. The van der Waals surface area contributed by atoms with Gasteiger partial charge in [-0.05, 0) is 35.9 Å². The van der Waals surface area contributed by atoms with E-state index in [1.165, 1.54) is 0 Å². The number of thioether (sulfide) groups is 1. The van der Waals surface area contributed by atoms with Crippen LogP contribution in [0.5, 0.6) is 0 Å². The lowest BCUT2D eigenvalue weighted by atomic mass is 10.00. The smallest absolute Gasteiger partial charge is 0.314 e. The number of hydrogen-bond acceptors (Lipinski definition) is 3. The first-order valence-electron chi connectivity index (χ1n) is 7.30. The van der Waals surface area contributed by atoms with Gasteiger partial charge in [-0.2, -0.15) is 13.2 Å². The number of piperazine rings is 1. The molecule has 1 aromatic rings. The molecule has 1 saturated heterocycles. The Morgan fingerprint density at radius 3 is 2.33 bits per heavy atom. The molecule has 0 unspecified atom stereocenters. The van der Waals surface area contributed by atoms with E-state index in [0.717, 1.165) is 44.6 Å². The van der Waals surface area contributed by atoms with Crippen LogP contribution in [-0.2, 0) is 0 Å². The van der Waals surface area contributed by atoms with Crippen LogP contribution in [0, 0.1) is 0 Å². The van der Waals surface area contributed by atoms with E-state index >= 15 is 0 Å². The SMILES string of the molecule is CCC[C@H](c1ccc(SC(F)(F)F)cc1)N1CCNCC1. The molecule has 0 saturated carbocycles. The molecule has 0 bridgehead atoms. The minimum absolute atomic E-state index is 0.0535. The van der Waals surface area contributed by atoms with Gasteiger partial charge in [0.25, 0.3) is 0 Å². The van der Waals surface area contributed by atoms with Crippen molar-refractivity contribution in [2.45, 2.75) is 36.2 Å². The highest BCUT2D eigenvalue weighted by Crippen LogP contribution is 2.37. The monoisotopic (exact) mass is 318 g/mol. The van der Waals surface area contributed by atoms with Crippen molar-refractivity contribution < 1.29 is 13.2 Å². The first-order chi connectivity index (χ1) is 9.99. The average Bonchev–Trinajstić information content (AvgIpc) is 2.45. The summed E-state index contributed by atoms with van der Waals surface area (Å²) in [6.45, 7) is 6.07. The van der Waals surface area contributed by atoms with Gasteiger partial charge in [0, 0.05) is 37.1 Å². The van der Waals surface area contributed by atoms with E-state index in [2.05, 4.69) is 17.1 Å². The Labute approximate surface area is 128 Å². The first kappa shape index (κ1) is 16.6. The van der Waals surface area contributed by atoms with Crippen LogP contribution >= 0.6 is 11.8 Å². The molecule has 1 aliphatic heterocycles. The fourth-order valence-electron chi connectivity index (χ4n) is 2.72. The summed E-state index contributed by atoms with van der Waals surface area (Å²) in [5.41, 5.74) is -3.10. The van der Waals surface area contributed by atoms with Gasteiger partial charge in [0.05, 0.1) is 0 Å². The third-order valence-electron chi connectivity index (χ3n) is 3.65. The van der Waals surface area contributed by atoms with Gasteiger partial charge in [0.1, 0.15) is 0 Å². The number of rotatable bonds is 5. The molecule has 1 aliphatic rings. The van der Waals surface area contributed by atoms with Crippen molar-refractivity contribution in [3.8, 4) is 0 Å². The molecule has 1 aromatic carbocycles.